The Bertz CT molecular complexity index is 788. The summed E-state index contributed by atoms with van der Waals surface area (Å²) in [6, 6.07) is 7.59. The zero-order valence-electron chi connectivity index (χ0n) is 14.8. The van der Waals surface area contributed by atoms with Gasteiger partial charge in [-0.3, -0.25) is 4.79 Å². The number of likely N-dealkylation sites (tertiary alicyclic amines) is 1. The van der Waals surface area contributed by atoms with E-state index in [1.807, 2.05) is 40.8 Å². The largest absolute Gasteiger partial charge is 0.485 e. The lowest BCUT2D eigenvalue weighted by atomic mass is 10.1. The molecule has 0 aliphatic carbocycles. The predicted molar refractivity (Wildman–Crippen MR) is 97.5 cm³/mol. The number of carbonyl (C=O) groups is 1. The highest BCUT2D eigenvalue weighted by molar-refractivity contribution is 7.99. The molecule has 0 radical (unpaired) electrons. The number of hydrogen-bond acceptors (Lipinski definition) is 6. The first-order valence-corrected chi connectivity index (χ1v) is 9.89. The Morgan fingerprint density at radius 2 is 1.96 bits per heavy atom. The van der Waals surface area contributed by atoms with Crippen molar-refractivity contribution in [1.82, 2.24) is 19.7 Å². The average Bonchev–Trinajstić information content (AvgIpc) is 3.07. The lowest BCUT2D eigenvalue weighted by Crippen LogP contribution is -2.36. The number of fused-ring (bicyclic) bond motifs is 1. The van der Waals surface area contributed by atoms with Gasteiger partial charge in [-0.2, -0.15) is 0 Å². The summed E-state index contributed by atoms with van der Waals surface area (Å²) in [5, 5.41) is 9.21. The summed E-state index contributed by atoms with van der Waals surface area (Å²) in [7, 11) is 1.90. The fourth-order valence-electron chi connectivity index (χ4n) is 3.24. The molecule has 1 atom stereocenters. The minimum absolute atomic E-state index is 0.172. The SMILES string of the molecule is Cn1c(SCC(=O)N2CCCCC2)nnc1C1COc2ccccc2O1. The lowest BCUT2D eigenvalue weighted by molar-refractivity contribution is -0.129. The zero-order valence-corrected chi connectivity index (χ0v) is 15.6. The molecule has 1 saturated heterocycles. The minimum Gasteiger partial charge on any atom is -0.485 e. The van der Waals surface area contributed by atoms with E-state index in [2.05, 4.69) is 10.2 Å². The van der Waals surface area contributed by atoms with Gasteiger partial charge in [-0.05, 0) is 31.4 Å². The summed E-state index contributed by atoms with van der Waals surface area (Å²) in [5.41, 5.74) is 0. The molecule has 1 fully saturated rings. The van der Waals surface area contributed by atoms with Gasteiger partial charge in [0.2, 0.25) is 5.91 Å². The fraction of sp³-hybridized carbons (Fsp3) is 0.500. The van der Waals surface area contributed by atoms with Crippen LogP contribution in [0.15, 0.2) is 29.4 Å². The first-order valence-electron chi connectivity index (χ1n) is 8.91. The van der Waals surface area contributed by atoms with E-state index in [4.69, 9.17) is 9.47 Å². The van der Waals surface area contributed by atoms with Crippen LogP contribution in [0.5, 0.6) is 11.5 Å². The molecule has 3 heterocycles. The number of thioether (sulfide) groups is 1. The fourth-order valence-corrected chi connectivity index (χ4v) is 4.06. The van der Waals surface area contributed by atoms with Gasteiger partial charge in [0.1, 0.15) is 6.61 Å². The number of amides is 1. The van der Waals surface area contributed by atoms with Gasteiger partial charge in [0.25, 0.3) is 0 Å². The van der Waals surface area contributed by atoms with Crippen molar-refractivity contribution in [3.05, 3.63) is 30.1 Å². The van der Waals surface area contributed by atoms with Crippen molar-refractivity contribution in [3.8, 4) is 11.5 Å². The molecule has 1 amide bonds. The van der Waals surface area contributed by atoms with Gasteiger partial charge < -0.3 is 18.9 Å². The number of nitrogens with zero attached hydrogens (tertiary/aromatic N) is 4. The third-order valence-electron chi connectivity index (χ3n) is 4.70. The third-order valence-corrected chi connectivity index (χ3v) is 5.70. The molecule has 7 nitrogen and oxygen atoms in total. The summed E-state index contributed by atoms with van der Waals surface area (Å²) in [5.74, 6) is 2.71. The van der Waals surface area contributed by atoms with Crippen LogP contribution in [0.2, 0.25) is 0 Å². The van der Waals surface area contributed by atoms with Crippen LogP contribution >= 0.6 is 11.8 Å². The molecule has 4 rings (SSSR count). The average molecular weight is 374 g/mol. The van der Waals surface area contributed by atoms with Crippen LogP contribution in [0.3, 0.4) is 0 Å². The number of carbonyl (C=O) groups excluding carboxylic acids is 1. The number of hydrogen-bond donors (Lipinski definition) is 0. The van der Waals surface area contributed by atoms with E-state index in [0.717, 1.165) is 31.7 Å². The number of aromatic nitrogens is 3. The van der Waals surface area contributed by atoms with Crippen LogP contribution in [-0.2, 0) is 11.8 Å². The quantitative estimate of drug-likeness (QED) is 0.766. The molecule has 0 N–H and O–H groups in total. The second-order valence-corrected chi connectivity index (χ2v) is 7.44. The maximum absolute atomic E-state index is 12.3. The minimum atomic E-state index is -0.311. The van der Waals surface area contributed by atoms with Gasteiger partial charge in [0.15, 0.2) is 28.6 Å². The number of ether oxygens (including phenoxy) is 2. The highest BCUT2D eigenvalue weighted by Crippen LogP contribution is 2.35. The van der Waals surface area contributed by atoms with Crippen LogP contribution in [0.1, 0.15) is 31.2 Å². The lowest BCUT2D eigenvalue weighted by Gasteiger charge is -2.26. The van der Waals surface area contributed by atoms with E-state index >= 15 is 0 Å². The third kappa shape index (κ3) is 3.51. The Hall–Kier alpha value is -2.22. The van der Waals surface area contributed by atoms with E-state index in [-0.39, 0.29) is 12.0 Å². The highest BCUT2D eigenvalue weighted by atomic mass is 32.2. The standard InChI is InChI=1S/C18H22N4O3S/c1-21-17(15-11-24-13-7-3-4-8-14(13)25-15)19-20-18(21)26-12-16(23)22-9-5-2-6-10-22/h3-4,7-8,15H,2,5-6,9-12H2,1H3. The first kappa shape index (κ1) is 17.2. The Balaban J connectivity index is 1.40. The van der Waals surface area contributed by atoms with Crippen LogP contribution in [0, 0.1) is 0 Å². The summed E-state index contributed by atoms with van der Waals surface area (Å²) in [6.45, 7) is 2.13. The van der Waals surface area contributed by atoms with Crippen molar-refractivity contribution in [1.29, 1.82) is 0 Å². The molecule has 2 aromatic rings. The normalized spacial score (nSPS) is 19.4. The number of piperidine rings is 1. The van der Waals surface area contributed by atoms with Gasteiger partial charge >= 0.3 is 0 Å². The molecule has 26 heavy (non-hydrogen) atoms. The number of para-hydroxylation sites is 2. The Kier molecular flexibility index (Phi) is 5.01. The van der Waals surface area contributed by atoms with E-state index in [9.17, 15) is 4.79 Å². The molecule has 2 aliphatic rings. The van der Waals surface area contributed by atoms with Crippen molar-refractivity contribution in [2.24, 2.45) is 7.05 Å². The molecular weight excluding hydrogens is 352 g/mol. The second-order valence-electron chi connectivity index (χ2n) is 6.49. The van der Waals surface area contributed by atoms with Crippen molar-refractivity contribution >= 4 is 17.7 Å². The summed E-state index contributed by atoms with van der Waals surface area (Å²) in [4.78, 5) is 14.3. The topological polar surface area (TPSA) is 69.5 Å². The molecule has 0 spiro atoms. The van der Waals surface area contributed by atoms with Gasteiger partial charge in [0.05, 0.1) is 5.75 Å². The van der Waals surface area contributed by atoms with Crippen molar-refractivity contribution in [2.75, 3.05) is 25.4 Å². The molecule has 1 aromatic heterocycles. The van der Waals surface area contributed by atoms with Crippen molar-refractivity contribution in [2.45, 2.75) is 30.5 Å². The summed E-state index contributed by atoms with van der Waals surface area (Å²) >= 11 is 1.42. The molecule has 0 bridgehead atoms. The van der Waals surface area contributed by atoms with Crippen molar-refractivity contribution in [3.63, 3.8) is 0 Å². The monoisotopic (exact) mass is 374 g/mol. The van der Waals surface area contributed by atoms with Crippen LogP contribution in [0.4, 0.5) is 0 Å². The maximum atomic E-state index is 12.3. The molecule has 1 unspecified atom stereocenters. The van der Waals surface area contributed by atoms with E-state index in [1.165, 1.54) is 18.2 Å². The Labute approximate surface area is 156 Å². The van der Waals surface area contributed by atoms with Crippen LogP contribution in [0.25, 0.3) is 0 Å². The molecular formula is C18H22N4O3S. The molecule has 8 heteroatoms. The number of benzene rings is 1. The predicted octanol–water partition coefficient (Wildman–Crippen LogP) is 2.43. The van der Waals surface area contributed by atoms with Gasteiger partial charge in [-0.25, -0.2) is 0 Å². The molecule has 1 aromatic carbocycles. The molecule has 2 aliphatic heterocycles. The van der Waals surface area contributed by atoms with Crippen LogP contribution in [-0.4, -0.2) is 51.0 Å². The van der Waals surface area contributed by atoms with Gasteiger partial charge in [0, 0.05) is 20.1 Å². The first-order chi connectivity index (χ1) is 12.7. The zero-order chi connectivity index (χ0) is 17.9. The van der Waals surface area contributed by atoms with E-state index in [1.54, 1.807) is 0 Å². The summed E-state index contributed by atoms with van der Waals surface area (Å²) in [6.07, 6.45) is 3.11. The molecule has 138 valence electrons. The smallest absolute Gasteiger partial charge is 0.233 e. The second kappa shape index (κ2) is 7.57. The van der Waals surface area contributed by atoms with Gasteiger partial charge in [-0.1, -0.05) is 23.9 Å². The number of rotatable bonds is 4. The Morgan fingerprint density at radius 3 is 2.77 bits per heavy atom. The molecule has 0 saturated carbocycles. The maximum Gasteiger partial charge on any atom is 0.233 e. The van der Waals surface area contributed by atoms with Gasteiger partial charge in [-0.15, -0.1) is 10.2 Å². The van der Waals surface area contributed by atoms with Crippen molar-refractivity contribution < 1.29 is 14.3 Å². The summed E-state index contributed by atoms with van der Waals surface area (Å²) < 4.78 is 13.6. The Morgan fingerprint density at radius 1 is 1.19 bits per heavy atom. The van der Waals surface area contributed by atoms with Crippen LogP contribution < -0.4 is 9.47 Å². The highest BCUT2D eigenvalue weighted by Gasteiger charge is 2.27. The van der Waals surface area contributed by atoms with E-state index < -0.39 is 0 Å². The van der Waals surface area contributed by atoms with E-state index in [0.29, 0.717) is 29.1 Å².